The van der Waals surface area contributed by atoms with E-state index in [9.17, 15) is 9.59 Å². The molecule has 0 aromatic carbocycles. The normalized spacial score (nSPS) is 14.1. The van der Waals surface area contributed by atoms with Crippen LogP contribution in [-0.2, 0) is 9.59 Å². The highest BCUT2D eigenvalue weighted by Crippen LogP contribution is 2.05. The third-order valence-corrected chi connectivity index (χ3v) is 2.27. The van der Waals surface area contributed by atoms with E-state index >= 15 is 0 Å². The summed E-state index contributed by atoms with van der Waals surface area (Å²) in [6.07, 6.45) is 0. The first kappa shape index (κ1) is 14.9. The first-order valence-electron chi connectivity index (χ1n) is 5.03. The first-order valence-corrected chi connectivity index (χ1v) is 5.37. The first-order chi connectivity index (χ1) is 7.31. The molecule has 0 rings (SSSR count). The fourth-order valence-electron chi connectivity index (χ4n) is 1.13. The molecule has 5 nitrogen and oxygen atoms in total. The van der Waals surface area contributed by atoms with Crippen LogP contribution < -0.4 is 5.32 Å². The van der Waals surface area contributed by atoms with Gasteiger partial charge in [0, 0.05) is 17.7 Å². The summed E-state index contributed by atoms with van der Waals surface area (Å²) in [5, 5.41) is 11.3. The van der Waals surface area contributed by atoms with Crippen molar-refractivity contribution in [2.24, 2.45) is 16.3 Å². The SMILES string of the molecule is CC(C)/C(=N\Cl)C(=O)NC(C(=O)O)C(C)C. The lowest BCUT2D eigenvalue weighted by atomic mass is 10.0. The zero-order chi connectivity index (χ0) is 12.9. The van der Waals surface area contributed by atoms with Gasteiger partial charge in [0.25, 0.3) is 5.91 Å². The van der Waals surface area contributed by atoms with Gasteiger partial charge in [0.05, 0.1) is 0 Å². The number of hydrogen-bond acceptors (Lipinski definition) is 3. The molecule has 0 saturated heterocycles. The van der Waals surface area contributed by atoms with Crippen molar-refractivity contribution in [1.82, 2.24) is 5.32 Å². The zero-order valence-corrected chi connectivity index (χ0v) is 10.6. The molecular weight excluding hydrogens is 232 g/mol. The minimum atomic E-state index is -1.07. The van der Waals surface area contributed by atoms with Gasteiger partial charge < -0.3 is 10.4 Å². The molecule has 0 radical (unpaired) electrons. The van der Waals surface area contributed by atoms with Crippen molar-refractivity contribution in [3.8, 4) is 0 Å². The molecule has 0 saturated carbocycles. The molecule has 92 valence electrons. The number of carbonyl (C=O) groups excluding carboxylic acids is 1. The number of carboxylic acids is 1. The third kappa shape index (κ3) is 4.18. The summed E-state index contributed by atoms with van der Waals surface area (Å²) in [5.74, 6) is -1.96. The van der Waals surface area contributed by atoms with Crippen LogP contribution in [0.3, 0.4) is 0 Å². The van der Waals surface area contributed by atoms with E-state index in [1.165, 1.54) is 0 Å². The number of nitrogens with one attached hydrogen (secondary N) is 1. The van der Waals surface area contributed by atoms with Crippen LogP contribution in [0.25, 0.3) is 0 Å². The number of amides is 1. The number of carboxylic acid groups (broad SMARTS) is 1. The average Bonchev–Trinajstić information content (AvgIpc) is 2.13. The van der Waals surface area contributed by atoms with Gasteiger partial charge in [-0.1, -0.05) is 27.7 Å². The Morgan fingerprint density at radius 3 is 2.00 bits per heavy atom. The second-order valence-corrected chi connectivity index (χ2v) is 4.33. The van der Waals surface area contributed by atoms with E-state index in [4.69, 9.17) is 16.9 Å². The van der Waals surface area contributed by atoms with Gasteiger partial charge in [0.1, 0.15) is 11.8 Å². The predicted octanol–water partition coefficient (Wildman–Crippen LogP) is 1.46. The Morgan fingerprint density at radius 1 is 1.25 bits per heavy atom. The van der Waals surface area contributed by atoms with Crippen LogP contribution in [-0.4, -0.2) is 28.7 Å². The van der Waals surface area contributed by atoms with Crippen LogP contribution >= 0.6 is 11.8 Å². The minimum Gasteiger partial charge on any atom is -0.480 e. The Labute approximate surface area is 100 Å². The molecule has 0 aliphatic carbocycles. The number of carbonyl (C=O) groups is 2. The van der Waals surface area contributed by atoms with Gasteiger partial charge in [-0.2, -0.15) is 4.51 Å². The summed E-state index contributed by atoms with van der Waals surface area (Å²) >= 11 is 5.28. The molecule has 0 spiro atoms. The minimum absolute atomic E-state index is 0.133. The molecule has 1 atom stereocenters. The summed E-state index contributed by atoms with van der Waals surface area (Å²) in [4.78, 5) is 22.5. The monoisotopic (exact) mass is 248 g/mol. The van der Waals surface area contributed by atoms with Gasteiger partial charge in [-0.3, -0.25) is 4.79 Å². The molecule has 0 aromatic rings. The van der Waals surface area contributed by atoms with Gasteiger partial charge >= 0.3 is 5.97 Å². The largest absolute Gasteiger partial charge is 0.480 e. The summed E-state index contributed by atoms with van der Waals surface area (Å²) in [6.45, 7) is 6.94. The summed E-state index contributed by atoms with van der Waals surface area (Å²) in [7, 11) is 0. The fraction of sp³-hybridized carbons (Fsp3) is 0.700. The Kier molecular flexibility index (Phi) is 6.03. The van der Waals surface area contributed by atoms with E-state index in [1.54, 1.807) is 27.7 Å². The predicted molar refractivity (Wildman–Crippen MR) is 62.5 cm³/mol. The standard InChI is InChI=1S/C10H17ClN2O3/c1-5(2)7(13-11)9(14)12-8(6(3)4)10(15)16/h5-6,8H,1-4H3,(H,12,14)(H,15,16)/b13-7+. The maximum Gasteiger partial charge on any atom is 0.326 e. The van der Waals surface area contributed by atoms with Crippen LogP contribution in [0.4, 0.5) is 0 Å². The van der Waals surface area contributed by atoms with Crippen molar-refractivity contribution in [2.45, 2.75) is 33.7 Å². The van der Waals surface area contributed by atoms with Crippen molar-refractivity contribution < 1.29 is 14.7 Å². The van der Waals surface area contributed by atoms with Crippen LogP contribution in [0.5, 0.6) is 0 Å². The van der Waals surface area contributed by atoms with Gasteiger partial charge in [-0.05, 0) is 5.92 Å². The fourth-order valence-corrected chi connectivity index (χ4v) is 1.40. The molecule has 1 unspecified atom stereocenters. The molecule has 0 aliphatic heterocycles. The molecule has 2 N–H and O–H groups in total. The Hall–Kier alpha value is -1.10. The Bertz CT molecular complexity index is 300. The molecule has 0 aromatic heterocycles. The topological polar surface area (TPSA) is 78.8 Å². The number of hydrogen-bond donors (Lipinski definition) is 2. The van der Waals surface area contributed by atoms with Gasteiger partial charge in [0.15, 0.2) is 0 Å². The third-order valence-electron chi connectivity index (χ3n) is 2.09. The van der Waals surface area contributed by atoms with Gasteiger partial charge in [-0.25, -0.2) is 4.79 Å². The molecule has 0 aliphatic rings. The second-order valence-electron chi connectivity index (χ2n) is 4.16. The highest BCUT2D eigenvalue weighted by molar-refractivity contribution is 6.44. The average molecular weight is 249 g/mol. The lowest BCUT2D eigenvalue weighted by Gasteiger charge is -2.18. The van der Waals surface area contributed by atoms with Gasteiger partial charge in [-0.15, -0.1) is 0 Å². The molecule has 0 fully saturated rings. The van der Waals surface area contributed by atoms with Crippen molar-refractivity contribution in [3.05, 3.63) is 0 Å². The molecule has 0 bridgehead atoms. The van der Waals surface area contributed by atoms with E-state index in [0.717, 1.165) is 0 Å². The zero-order valence-electron chi connectivity index (χ0n) is 9.82. The van der Waals surface area contributed by atoms with Gasteiger partial charge in [0.2, 0.25) is 0 Å². The van der Waals surface area contributed by atoms with Crippen molar-refractivity contribution >= 4 is 29.4 Å². The number of halogens is 1. The Balaban J connectivity index is 4.71. The smallest absolute Gasteiger partial charge is 0.326 e. The highest BCUT2D eigenvalue weighted by atomic mass is 35.5. The van der Waals surface area contributed by atoms with Crippen molar-refractivity contribution in [2.75, 3.05) is 0 Å². The van der Waals surface area contributed by atoms with Crippen LogP contribution in [0.2, 0.25) is 0 Å². The summed E-state index contributed by atoms with van der Waals surface area (Å²) in [6, 6.07) is -0.931. The second kappa shape index (κ2) is 6.48. The quantitative estimate of drug-likeness (QED) is 0.723. The van der Waals surface area contributed by atoms with E-state index in [0.29, 0.717) is 0 Å². The Morgan fingerprint density at radius 2 is 1.75 bits per heavy atom. The number of rotatable bonds is 5. The maximum atomic E-state index is 11.6. The van der Waals surface area contributed by atoms with E-state index in [1.807, 2.05) is 0 Å². The molecular formula is C10H17ClN2O3. The summed E-state index contributed by atoms with van der Waals surface area (Å²) < 4.78 is 3.34. The highest BCUT2D eigenvalue weighted by Gasteiger charge is 2.26. The van der Waals surface area contributed by atoms with Crippen LogP contribution in [0.15, 0.2) is 4.51 Å². The van der Waals surface area contributed by atoms with E-state index in [-0.39, 0.29) is 17.5 Å². The lowest BCUT2D eigenvalue weighted by molar-refractivity contribution is -0.142. The molecule has 1 amide bonds. The summed E-state index contributed by atoms with van der Waals surface area (Å²) in [5.41, 5.74) is 0.133. The molecule has 0 heterocycles. The lowest BCUT2D eigenvalue weighted by Crippen LogP contribution is -2.47. The van der Waals surface area contributed by atoms with Crippen LogP contribution in [0.1, 0.15) is 27.7 Å². The van der Waals surface area contributed by atoms with E-state index < -0.39 is 17.9 Å². The maximum absolute atomic E-state index is 11.6. The van der Waals surface area contributed by atoms with E-state index in [2.05, 4.69) is 9.83 Å². The molecule has 16 heavy (non-hydrogen) atoms. The van der Waals surface area contributed by atoms with Crippen molar-refractivity contribution in [1.29, 1.82) is 0 Å². The molecule has 6 heteroatoms. The van der Waals surface area contributed by atoms with Crippen molar-refractivity contribution in [3.63, 3.8) is 0 Å². The number of aliphatic carboxylic acids is 1. The number of nitrogens with zero attached hydrogens (tertiary/aromatic N) is 1. The van der Waals surface area contributed by atoms with Crippen LogP contribution in [0, 0.1) is 11.8 Å².